The van der Waals surface area contributed by atoms with Crippen molar-refractivity contribution in [3.05, 3.63) is 6.42 Å². The molecule has 0 aliphatic carbocycles. The highest BCUT2D eigenvalue weighted by Crippen LogP contribution is 2.11. The molecule has 0 aromatic rings. The summed E-state index contributed by atoms with van der Waals surface area (Å²) in [6.07, 6.45) is 12.8. The van der Waals surface area contributed by atoms with Gasteiger partial charge in [0.05, 0.1) is 0 Å². The molecular weight excluding hydrogens is 214 g/mol. The average molecular weight is 242 g/mol. The molecule has 0 aromatic carbocycles. The molecule has 1 atom stereocenters. The van der Waals surface area contributed by atoms with Crippen LogP contribution in [0.1, 0.15) is 71.1 Å². The summed E-state index contributed by atoms with van der Waals surface area (Å²) in [5.74, 6) is -0.652. The second-order valence-corrected chi connectivity index (χ2v) is 4.70. The van der Waals surface area contributed by atoms with Gasteiger partial charge in [0.2, 0.25) is 5.91 Å². The van der Waals surface area contributed by atoms with E-state index in [2.05, 4.69) is 6.92 Å². The normalized spacial score (nSPS) is 12.6. The highest BCUT2D eigenvalue weighted by Gasteiger charge is 2.09. The Bertz CT molecular complexity index is 183. The number of carbonyl (C=O) groups is 1. The Morgan fingerprint density at radius 3 is 2.00 bits per heavy atom. The summed E-state index contributed by atoms with van der Waals surface area (Å²) < 4.78 is 0. The van der Waals surface area contributed by atoms with E-state index in [0.717, 1.165) is 12.8 Å². The molecular formula is C14H28NO2. The molecule has 1 radical (unpaired) electrons. The number of rotatable bonds is 12. The van der Waals surface area contributed by atoms with Crippen molar-refractivity contribution in [2.24, 2.45) is 5.73 Å². The molecule has 1 amide bonds. The van der Waals surface area contributed by atoms with Gasteiger partial charge >= 0.3 is 0 Å². The van der Waals surface area contributed by atoms with E-state index in [9.17, 15) is 4.79 Å². The van der Waals surface area contributed by atoms with Crippen molar-refractivity contribution in [2.45, 2.75) is 77.2 Å². The third-order valence-corrected chi connectivity index (χ3v) is 2.99. The number of aliphatic hydroxyl groups is 1. The summed E-state index contributed by atoms with van der Waals surface area (Å²) in [7, 11) is 0. The first-order valence-corrected chi connectivity index (χ1v) is 6.99. The van der Waals surface area contributed by atoms with Crippen molar-refractivity contribution in [3.63, 3.8) is 0 Å². The SMILES string of the molecule is CCCCCCCCCCC[CH]C(O)C(N)=O. The topological polar surface area (TPSA) is 63.3 Å². The number of unbranched alkanes of at least 4 members (excludes halogenated alkanes) is 9. The minimum atomic E-state index is -1.07. The predicted octanol–water partition coefficient (Wildman–Crippen LogP) is 2.96. The van der Waals surface area contributed by atoms with Crippen molar-refractivity contribution >= 4 is 5.91 Å². The van der Waals surface area contributed by atoms with Gasteiger partial charge in [0.1, 0.15) is 6.10 Å². The molecule has 0 fully saturated rings. The lowest BCUT2D eigenvalue weighted by Crippen LogP contribution is -2.28. The zero-order valence-corrected chi connectivity index (χ0v) is 11.2. The summed E-state index contributed by atoms with van der Waals surface area (Å²) >= 11 is 0. The molecule has 0 aromatic heterocycles. The monoisotopic (exact) mass is 242 g/mol. The zero-order valence-electron chi connectivity index (χ0n) is 11.2. The standard InChI is InChI=1S/C14H28NO2/c1-2-3-4-5-6-7-8-9-10-11-12-13(16)14(15)17/h12-13,16H,2-11H2,1H3,(H2,15,17). The van der Waals surface area contributed by atoms with E-state index in [1.165, 1.54) is 51.4 Å². The molecule has 0 saturated heterocycles. The molecule has 101 valence electrons. The third-order valence-electron chi connectivity index (χ3n) is 2.99. The van der Waals surface area contributed by atoms with Gasteiger partial charge in [-0.2, -0.15) is 0 Å². The van der Waals surface area contributed by atoms with E-state index in [0.29, 0.717) is 0 Å². The smallest absolute Gasteiger partial charge is 0.246 e. The molecule has 0 rings (SSSR count). The highest BCUT2D eigenvalue weighted by atomic mass is 16.3. The van der Waals surface area contributed by atoms with Crippen molar-refractivity contribution < 1.29 is 9.90 Å². The van der Waals surface area contributed by atoms with Crippen LogP contribution in [-0.4, -0.2) is 17.1 Å². The van der Waals surface area contributed by atoms with Gasteiger partial charge in [0, 0.05) is 0 Å². The molecule has 3 nitrogen and oxygen atoms in total. The summed E-state index contributed by atoms with van der Waals surface area (Å²) in [4.78, 5) is 10.5. The van der Waals surface area contributed by atoms with Crippen LogP contribution in [0.15, 0.2) is 0 Å². The van der Waals surface area contributed by atoms with Gasteiger partial charge in [-0.25, -0.2) is 0 Å². The fourth-order valence-electron chi connectivity index (χ4n) is 1.85. The number of nitrogens with two attached hydrogens (primary N) is 1. The summed E-state index contributed by atoms with van der Waals surface area (Å²) in [6, 6.07) is 0. The van der Waals surface area contributed by atoms with Gasteiger partial charge in [0.15, 0.2) is 0 Å². The van der Waals surface area contributed by atoms with Crippen LogP contribution in [0.4, 0.5) is 0 Å². The molecule has 17 heavy (non-hydrogen) atoms. The predicted molar refractivity (Wildman–Crippen MR) is 71.3 cm³/mol. The number of carbonyl (C=O) groups excluding carboxylic acids is 1. The zero-order chi connectivity index (χ0) is 12.9. The van der Waals surface area contributed by atoms with Gasteiger partial charge in [-0.1, -0.05) is 64.7 Å². The first-order chi connectivity index (χ1) is 8.18. The Balaban J connectivity index is 3.06. The van der Waals surface area contributed by atoms with E-state index < -0.39 is 12.0 Å². The lowest BCUT2D eigenvalue weighted by Gasteiger charge is -2.05. The summed E-state index contributed by atoms with van der Waals surface area (Å²) in [5, 5.41) is 9.12. The van der Waals surface area contributed by atoms with Crippen LogP contribution in [0.5, 0.6) is 0 Å². The summed E-state index contributed by atoms with van der Waals surface area (Å²) in [6.45, 7) is 2.23. The maximum Gasteiger partial charge on any atom is 0.246 e. The van der Waals surface area contributed by atoms with Crippen LogP contribution in [0.3, 0.4) is 0 Å². The van der Waals surface area contributed by atoms with Crippen molar-refractivity contribution in [2.75, 3.05) is 0 Å². The number of amides is 1. The van der Waals surface area contributed by atoms with Crippen LogP contribution >= 0.6 is 0 Å². The quantitative estimate of drug-likeness (QED) is 0.517. The van der Waals surface area contributed by atoms with Gasteiger partial charge < -0.3 is 10.8 Å². The van der Waals surface area contributed by atoms with Gasteiger partial charge in [-0.05, 0) is 12.8 Å². The highest BCUT2D eigenvalue weighted by molar-refractivity contribution is 5.79. The lowest BCUT2D eigenvalue weighted by atomic mass is 10.0. The molecule has 0 heterocycles. The Morgan fingerprint density at radius 2 is 1.53 bits per heavy atom. The first-order valence-electron chi connectivity index (χ1n) is 6.99. The Hall–Kier alpha value is -0.570. The Kier molecular flexibility index (Phi) is 11.5. The molecule has 0 aliphatic rings. The van der Waals surface area contributed by atoms with Crippen molar-refractivity contribution in [3.8, 4) is 0 Å². The van der Waals surface area contributed by atoms with Crippen LogP contribution in [-0.2, 0) is 4.79 Å². The van der Waals surface area contributed by atoms with E-state index in [1.54, 1.807) is 6.42 Å². The fourth-order valence-corrected chi connectivity index (χ4v) is 1.85. The maximum atomic E-state index is 10.5. The number of hydrogen-bond donors (Lipinski definition) is 2. The van der Waals surface area contributed by atoms with Crippen molar-refractivity contribution in [1.29, 1.82) is 0 Å². The molecule has 1 unspecified atom stereocenters. The van der Waals surface area contributed by atoms with Gasteiger partial charge in [0.25, 0.3) is 0 Å². The Labute approximate surface area is 106 Å². The largest absolute Gasteiger partial charge is 0.383 e. The molecule has 0 saturated carbocycles. The van der Waals surface area contributed by atoms with Crippen LogP contribution in [0.25, 0.3) is 0 Å². The number of hydrogen-bond acceptors (Lipinski definition) is 2. The average Bonchev–Trinajstić information content (AvgIpc) is 2.31. The van der Waals surface area contributed by atoms with E-state index >= 15 is 0 Å². The van der Waals surface area contributed by atoms with E-state index in [1.807, 2.05) is 0 Å². The minimum absolute atomic E-state index is 0.652. The number of aliphatic hydroxyl groups excluding tert-OH is 1. The lowest BCUT2D eigenvalue weighted by molar-refractivity contribution is -0.124. The van der Waals surface area contributed by atoms with Crippen LogP contribution < -0.4 is 5.73 Å². The second kappa shape index (κ2) is 11.9. The van der Waals surface area contributed by atoms with Crippen LogP contribution in [0.2, 0.25) is 0 Å². The first kappa shape index (κ1) is 16.4. The van der Waals surface area contributed by atoms with Gasteiger partial charge in [-0.3, -0.25) is 4.79 Å². The molecule has 0 aliphatic heterocycles. The van der Waals surface area contributed by atoms with Crippen LogP contribution in [0, 0.1) is 6.42 Å². The fraction of sp³-hybridized carbons (Fsp3) is 0.857. The van der Waals surface area contributed by atoms with Crippen molar-refractivity contribution in [1.82, 2.24) is 0 Å². The molecule has 3 N–H and O–H groups in total. The van der Waals surface area contributed by atoms with E-state index in [4.69, 9.17) is 10.8 Å². The minimum Gasteiger partial charge on any atom is -0.383 e. The molecule has 3 heteroatoms. The summed E-state index contributed by atoms with van der Waals surface area (Å²) in [5.41, 5.74) is 4.94. The van der Waals surface area contributed by atoms with E-state index in [-0.39, 0.29) is 0 Å². The molecule has 0 bridgehead atoms. The number of primary amides is 1. The molecule has 0 spiro atoms. The van der Waals surface area contributed by atoms with Gasteiger partial charge in [-0.15, -0.1) is 0 Å². The Morgan fingerprint density at radius 1 is 1.06 bits per heavy atom. The maximum absolute atomic E-state index is 10.5. The third kappa shape index (κ3) is 11.7. The second-order valence-electron chi connectivity index (χ2n) is 4.70.